The van der Waals surface area contributed by atoms with E-state index < -0.39 is 21.8 Å². The third-order valence-electron chi connectivity index (χ3n) is 5.22. The molecule has 0 spiro atoms. The van der Waals surface area contributed by atoms with Crippen LogP contribution < -0.4 is 4.90 Å². The second kappa shape index (κ2) is 8.86. The summed E-state index contributed by atoms with van der Waals surface area (Å²) in [5, 5.41) is 2.44. The number of hydrogen-bond acceptors (Lipinski definition) is 5. The average molecular weight is 460 g/mol. The molecule has 0 radical (unpaired) electrons. The van der Waals surface area contributed by atoms with Crippen molar-refractivity contribution in [3.63, 3.8) is 0 Å². The Hall–Kier alpha value is -2.62. The number of anilines is 2. The van der Waals surface area contributed by atoms with Crippen LogP contribution in [0.5, 0.6) is 0 Å². The Morgan fingerprint density at radius 2 is 1.87 bits per heavy atom. The van der Waals surface area contributed by atoms with E-state index >= 15 is 0 Å². The number of nitrogens with zero attached hydrogens (tertiary/aromatic N) is 3. The topological polar surface area (TPSA) is 70.6 Å². The largest absolute Gasteiger partial charge is 0.274 e. The maximum absolute atomic E-state index is 13.6. The van der Waals surface area contributed by atoms with Crippen LogP contribution in [0.2, 0.25) is 0 Å². The number of thiazole rings is 1. The molecule has 1 aromatic heterocycles. The normalized spacial score (nSPS) is 17.4. The van der Waals surface area contributed by atoms with E-state index in [1.54, 1.807) is 4.90 Å². The third-order valence-corrected chi connectivity index (χ3v) is 8.04. The van der Waals surface area contributed by atoms with Gasteiger partial charge >= 0.3 is 0 Å². The van der Waals surface area contributed by atoms with Crippen LogP contribution in [0.25, 0.3) is 0 Å². The number of halogens is 1. The van der Waals surface area contributed by atoms with E-state index in [4.69, 9.17) is 0 Å². The van der Waals surface area contributed by atoms with Gasteiger partial charge in [-0.25, -0.2) is 17.8 Å². The molecular formula is C22H22FN3O3S2. The minimum absolute atomic E-state index is 0.0254. The van der Waals surface area contributed by atoms with Gasteiger partial charge in [0.15, 0.2) is 5.13 Å². The third kappa shape index (κ3) is 4.53. The second-order valence-electron chi connectivity index (χ2n) is 7.44. The van der Waals surface area contributed by atoms with E-state index in [9.17, 15) is 17.6 Å². The SMILES string of the molecule is Cc1csc(N(C(=O)[C@H]2CCCN(S(=O)(=O)c3ccc(F)cc3)C2)c2ccccc2)n1. The van der Waals surface area contributed by atoms with Crippen LogP contribution in [-0.4, -0.2) is 36.7 Å². The van der Waals surface area contributed by atoms with Gasteiger partial charge in [-0.15, -0.1) is 11.3 Å². The molecule has 3 aromatic rings. The second-order valence-corrected chi connectivity index (χ2v) is 10.2. The fourth-order valence-electron chi connectivity index (χ4n) is 3.65. The molecule has 1 saturated heterocycles. The van der Waals surface area contributed by atoms with Gasteiger partial charge in [-0.1, -0.05) is 18.2 Å². The molecule has 2 heterocycles. The molecule has 2 aromatic carbocycles. The quantitative estimate of drug-likeness (QED) is 0.569. The van der Waals surface area contributed by atoms with Gasteiger partial charge in [-0.3, -0.25) is 9.69 Å². The summed E-state index contributed by atoms with van der Waals surface area (Å²) in [7, 11) is -3.81. The molecule has 0 saturated carbocycles. The van der Waals surface area contributed by atoms with Gasteiger partial charge < -0.3 is 0 Å². The molecule has 1 fully saturated rings. The molecular weight excluding hydrogens is 437 g/mol. The first-order chi connectivity index (χ1) is 14.9. The maximum atomic E-state index is 13.6. The number of benzene rings is 2. The van der Waals surface area contributed by atoms with Gasteiger partial charge in [0.1, 0.15) is 5.82 Å². The van der Waals surface area contributed by atoms with Gasteiger partial charge in [0.2, 0.25) is 15.9 Å². The van der Waals surface area contributed by atoms with Crippen LogP contribution in [0.3, 0.4) is 0 Å². The van der Waals surface area contributed by atoms with Gasteiger partial charge in [-0.2, -0.15) is 4.31 Å². The average Bonchev–Trinajstić information content (AvgIpc) is 3.20. The number of piperidine rings is 1. The summed E-state index contributed by atoms with van der Waals surface area (Å²) < 4.78 is 40.7. The lowest BCUT2D eigenvalue weighted by atomic mass is 9.98. The van der Waals surface area contributed by atoms with Crippen molar-refractivity contribution in [2.75, 3.05) is 18.0 Å². The van der Waals surface area contributed by atoms with E-state index in [2.05, 4.69) is 4.98 Å². The summed E-state index contributed by atoms with van der Waals surface area (Å²) in [6.45, 7) is 2.27. The van der Waals surface area contributed by atoms with Crippen LogP contribution >= 0.6 is 11.3 Å². The zero-order valence-corrected chi connectivity index (χ0v) is 18.6. The molecule has 0 aliphatic carbocycles. The molecule has 31 heavy (non-hydrogen) atoms. The van der Waals surface area contributed by atoms with Gasteiger partial charge in [-0.05, 0) is 56.2 Å². The summed E-state index contributed by atoms with van der Waals surface area (Å²) in [4.78, 5) is 19.7. The Kier molecular flexibility index (Phi) is 6.17. The monoisotopic (exact) mass is 459 g/mol. The zero-order chi connectivity index (χ0) is 22.0. The molecule has 0 N–H and O–H groups in total. The number of sulfonamides is 1. The summed E-state index contributed by atoms with van der Waals surface area (Å²) in [6, 6.07) is 14.0. The zero-order valence-electron chi connectivity index (χ0n) is 16.9. The Balaban J connectivity index is 1.61. The lowest BCUT2D eigenvalue weighted by molar-refractivity contribution is -0.122. The summed E-state index contributed by atoms with van der Waals surface area (Å²) in [5.41, 5.74) is 1.51. The predicted molar refractivity (Wildman–Crippen MR) is 118 cm³/mol. The van der Waals surface area contributed by atoms with Crippen molar-refractivity contribution in [2.24, 2.45) is 5.92 Å². The van der Waals surface area contributed by atoms with E-state index in [0.29, 0.717) is 30.2 Å². The molecule has 162 valence electrons. The van der Waals surface area contributed by atoms with E-state index in [1.807, 2.05) is 42.6 Å². The number of hydrogen-bond donors (Lipinski definition) is 0. The number of carbonyl (C=O) groups excluding carboxylic acids is 1. The minimum Gasteiger partial charge on any atom is -0.274 e. The molecule has 4 rings (SSSR count). The van der Waals surface area contributed by atoms with Crippen LogP contribution in [0.1, 0.15) is 18.5 Å². The fraction of sp³-hybridized carbons (Fsp3) is 0.273. The number of rotatable bonds is 5. The van der Waals surface area contributed by atoms with Gasteiger partial charge in [0.05, 0.1) is 22.2 Å². The molecule has 9 heteroatoms. The molecule has 6 nitrogen and oxygen atoms in total. The van der Waals surface area contributed by atoms with E-state index in [1.165, 1.54) is 27.8 Å². The fourth-order valence-corrected chi connectivity index (χ4v) is 6.00. The molecule has 1 aliphatic heterocycles. The number of para-hydroxylation sites is 1. The van der Waals surface area contributed by atoms with Crippen LogP contribution in [0.15, 0.2) is 64.9 Å². The highest BCUT2D eigenvalue weighted by Crippen LogP contribution is 2.33. The summed E-state index contributed by atoms with van der Waals surface area (Å²) in [5.74, 6) is -1.18. The standard InChI is InChI=1S/C22H22FN3O3S2/c1-16-15-30-22(24-16)26(19-7-3-2-4-8-19)21(27)17-6-5-13-25(14-17)31(28,29)20-11-9-18(23)10-12-20/h2-4,7-12,15,17H,5-6,13-14H2,1H3/t17-/m0/s1. The number of aromatic nitrogens is 1. The Labute approximate surface area is 185 Å². The lowest BCUT2D eigenvalue weighted by Gasteiger charge is -2.33. The first-order valence-electron chi connectivity index (χ1n) is 9.93. The van der Waals surface area contributed by atoms with Crippen LogP contribution in [0.4, 0.5) is 15.2 Å². The first-order valence-corrected chi connectivity index (χ1v) is 12.2. The smallest absolute Gasteiger partial charge is 0.243 e. The van der Waals surface area contributed by atoms with Crippen molar-refractivity contribution in [3.05, 3.63) is 71.5 Å². The molecule has 1 aliphatic rings. The number of carbonyl (C=O) groups is 1. The van der Waals surface area contributed by atoms with Crippen LogP contribution in [-0.2, 0) is 14.8 Å². The van der Waals surface area contributed by atoms with Crippen molar-refractivity contribution < 1.29 is 17.6 Å². The molecule has 1 atom stereocenters. The van der Waals surface area contributed by atoms with Gasteiger partial charge in [0.25, 0.3) is 0 Å². The minimum atomic E-state index is -3.81. The molecule has 1 amide bonds. The van der Waals surface area contributed by atoms with Crippen molar-refractivity contribution in [3.8, 4) is 0 Å². The molecule has 0 unspecified atom stereocenters. The Morgan fingerprint density at radius 3 is 2.52 bits per heavy atom. The van der Waals surface area contributed by atoms with Crippen molar-refractivity contribution in [1.82, 2.24) is 9.29 Å². The highest BCUT2D eigenvalue weighted by atomic mass is 32.2. The predicted octanol–water partition coefficient (Wildman–Crippen LogP) is 4.36. The highest BCUT2D eigenvalue weighted by Gasteiger charge is 2.36. The summed E-state index contributed by atoms with van der Waals surface area (Å²) in [6.07, 6.45) is 1.15. The maximum Gasteiger partial charge on any atom is 0.243 e. The first kappa shape index (κ1) is 21.6. The van der Waals surface area contributed by atoms with E-state index in [-0.39, 0.29) is 17.3 Å². The molecule has 0 bridgehead atoms. The van der Waals surface area contributed by atoms with Crippen molar-refractivity contribution in [2.45, 2.75) is 24.7 Å². The Bertz CT molecular complexity index is 1160. The Morgan fingerprint density at radius 1 is 1.16 bits per heavy atom. The number of amides is 1. The van der Waals surface area contributed by atoms with Crippen LogP contribution in [0, 0.1) is 18.7 Å². The lowest BCUT2D eigenvalue weighted by Crippen LogP contribution is -2.45. The summed E-state index contributed by atoms with van der Waals surface area (Å²) >= 11 is 1.38. The van der Waals surface area contributed by atoms with Crippen molar-refractivity contribution in [1.29, 1.82) is 0 Å². The van der Waals surface area contributed by atoms with Crippen molar-refractivity contribution >= 4 is 38.1 Å². The highest BCUT2D eigenvalue weighted by molar-refractivity contribution is 7.89. The van der Waals surface area contributed by atoms with E-state index in [0.717, 1.165) is 17.8 Å². The van der Waals surface area contributed by atoms with Gasteiger partial charge in [0, 0.05) is 18.5 Å². The number of aryl methyl sites for hydroxylation is 1.